The number of rotatable bonds is 7. The van der Waals surface area contributed by atoms with E-state index < -0.39 is 11.7 Å². The number of aliphatic hydroxyl groups is 1. The second-order valence-electron chi connectivity index (χ2n) is 8.74. The maximum Gasteiger partial charge on any atom is 0.415 e. The van der Waals surface area contributed by atoms with Gasteiger partial charge in [0.15, 0.2) is 5.60 Å². The number of amides is 1. The lowest BCUT2D eigenvalue weighted by atomic mass is 9.76. The number of nitrogens with zero attached hydrogens (tertiary/aromatic N) is 1. The van der Waals surface area contributed by atoms with Gasteiger partial charge in [0, 0.05) is 17.3 Å². The van der Waals surface area contributed by atoms with Crippen molar-refractivity contribution in [3.63, 3.8) is 0 Å². The van der Waals surface area contributed by atoms with Crippen LogP contribution in [-0.4, -0.2) is 28.2 Å². The zero-order chi connectivity index (χ0) is 21.8. The molecule has 2 aromatic carbocycles. The number of hydrogen-bond acceptors (Lipinski definition) is 3. The number of ether oxygens (including phenoxy) is 1. The Morgan fingerprint density at radius 2 is 1.71 bits per heavy atom. The van der Waals surface area contributed by atoms with Crippen molar-refractivity contribution in [2.45, 2.75) is 57.3 Å². The lowest BCUT2D eigenvalue weighted by Gasteiger charge is -2.37. The average Bonchev–Trinajstić information content (AvgIpc) is 3.42. The molecule has 1 N–H and O–H groups in total. The molecule has 31 heavy (non-hydrogen) atoms. The summed E-state index contributed by atoms with van der Waals surface area (Å²) in [5, 5.41) is 10.5. The van der Waals surface area contributed by atoms with Gasteiger partial charge in [0.2, 0.25) is 0 Å². The molecule has 4 rings (SSSR count). The maximum atomic E-state index is 13.2. The molecule has 162 valence electrons. The fourth-order valence-electron chi connectivity index (χ4n) is 4.96. The predicted octanol–water partition coefficient (Wildman–Crippen LogP) is 5.78. The number of aliphatic hydroxyl groups excluding tert-OH is 1. The fraction of sp³-hybridized carbons (Fsp3) is 0.370. The Morgan fingerprint density at radius 3 is 2.23 bits per heavy atom. The molecule has 1 heterocycles. The average molecular weight is 418 g/mol. The summed E-state index contributed by atoms with van der Waals surface area (Å²) >= 11 is 0. The zero-order valence-corrected chi connectivity index (χ0v) is 18.3. The molecule has 1 saturated heterocycles. The summed E-state index contributed by atoms with van der Waals surface area (Å²) < 4.78 is 6.23. The molecule has 0 spiro atoms. The van der Waals surface area contributed by atoms with Gasteiger partial charge in [-0.15, -0.1) is 0 Å². The molecule has 0 bridgehead atoms. The largest absolute Gasteiger partial charge is 0.430 e. The van der Waals surface area contributed by atoms with Gasteiger partial charge in [0.05, 0.1) is 12.1 Å². The van der Waals surface area contributed by atoms with E-state index in [0.29, 0.717) is 6.42 Å². The van der Waals surface area contributed by atoms with Crippen molar-refractivity contribution < 1.29 is 14.6 Å². The second-order valence-corrected chi connectivity index (χ2v) is 8.74. The van der Waals surface area contributed by atoms with Gasteiger partial charge < -0.3 is 9.84 Å². The number of benzene rings is 2. The molecule has 0 aromatic heterocycles. The number of allylic oxidation sites excluding steroid dienone is 1. The lowest BCUT2D eigenvalue weighted by Crippen LogP contribution is -2.46. The van der Waals surface area contributed by atoms with Crippen molar-refractivity contribution in [3.05, 3.63) is 95.7 Å². The Labute approximate surface area is 184 Å². The molecule has 2 aliphatic rings. The first-order valence-corrected chi connectivity index (χ1v) is 11.2. The third-order valence-corrected chi connectivity index (χ3v) is 6.34. The quantitative estimate of drug-likeness (QED) is 0.581. The molecule has 4 nitrogen and oxygen atoms in total. The zero-order valence-electron chi connectivity index (χ0n) is 18.3. The molecule has 1 aliphatic heterocycles. The molecular weight excluding hydrogens is 386 g/mol. The molecule has 0 saturated carbocycles. The van der Waals surface area contributed by atoms with E-state index >= 15 is 0 Å². The standard InChI is InChI=1S/C27H31NO3/c1-20(2)25-27(22-14-5-3-6-15-22,23-16-7-4-8-17-23)31-26(30)28(25)19-11-18-24(29)21-12-9-10-13-21/h3-8,11-12,14-17,19-20,24-25,29H,9-10,13,18H2,1-2H3/b19-11-/t24-,25-/m0/s1. The van der Waals surface area contributed by atoms with E-state index in [1.807, 2.05) is 66.7 Å². The highest BCUT2D eigenvalue weighted by atomic mass is 16.6. The molecule has 1 amide bonds. The Hall–Kier alpha value is -2.85. The fourth-order valence-corrected chi connectivity index (χ4v) is 4.96. The molecule has 2 aromatic rings. The normalized spacial score (nSPS) is 21.5. The van der Waals surface area contributed by atoms with Crippen LogP contribution in [0.15, 0.2) is 84.6 Å². The van der Waals surface area contributed by atoms with Crippen molar-refractivity contribution in [1.29, 1.82) is 0 Å². The molecule has 4 heteroatoms. The Kier molecular flexibility index (Phi) is 6.28. The molecule has 1 fully saturated rings. The number of hydrogen-bond donors (Lipinski definition) is 1. The van der Waals surface area contributed by atoms with E-state index in [-0.39, 0.29) is 18.1 Å². The number of cyclic esters (lactones) is 1. The van der Waals surface area contributed by atoms with Crippen LogP contribution in [-0.2, 0) is 10.3 Å². The molecular formula is C27H31NO3. The van der Waals surface area contributed by atoms with Crippen LogP contribution in [0.2, 0.25) is 0 Å². The second kappa shape index (κ2) is 9.11. The first-order valence-electron chi connectivity index (χ1n) is 11.2. The van der Waals surface area contributed by atoms with Gasteiger partial charge in [0.25, 0.3) is 0 Å². The Balaban J connectivity index is 1.70. The van der Waals surface area contributed by atoms with Crippen LogP contribution < -0.4 is 0 Å². The van der Waals surface area contributed by atoms with E-state index in [1.54, 1.807) is 11.1 Å². The first-order chi connectivity index (χ1) is 15.0. The highest BCUT2D eigenvalue weighted by Gasteiger charge is 2.56. The number of carbonyl (C=O) groups excluding carboxylic acids is 1. The topological polar surface area (TPSA) is 49.8 Å². The summed E-state index contributed by atoms with van der Waals surface area (Å²) in [6.45, 7) is 4.23. The molecule has 2 atom stereocenters. The van der Waals surface area contributed by atoms with Gasteiger partial charge >= 0.3 is 6.09 Å². The van der Waals surface area contributed by atoms with Crippen molar-refractivity contribution in [2.75, 3.05) is 0 Å². The van der Waals surface area contributed by atoms with E-state index in [9.17, 15) is 9.90 Å². The van der Waals surface area contributed by atoms with Gasteiger partial charge in [-0.3, -0.25) is 4.90 Å². The summed E-state index contributed by atoms with van der Waals surface area (Å²) in [4.78, 5) is 14.9. The van der Waals surface area contributed by atoms with Crippen LogP contribution in [0.4, 0.5) is 4.79 Å². The van der Waals surface area contributed by atoms with Crippen molar-refractivity contribution in [2.24, 2.45) is 5.92 Å². The minimum absolute atomic E-state index is 0.138. The van der Waals surface area contributed by atoms with Gasteiger partial charge in [-0.1, -0.05) is 86.7 Å². The molecule has 0 unspecified atom stereocenters. The lowest BCUT2D eigenvalue weighted by molar-refractivity contribution is 0.0562. The van der Waals surface area contributed by atoms with Crippen LogP contribution in [0.5, 0.6) is 0 Å². The van der Waals surface area contributed by atoms with E-state index in [1.165, 1.54) is 0 Å². The predicted molar refractivity (Wildman–Crippen MR) is 122 cm³/mol. The van der Waals surface area contributed by atoms with Crippen molar-refractivity contribution in [3.8, 4) is 0 Å². The van der Waals surface area contributed by atoms with Crippen molar-refractivity contribution in [1.82, 2.24) is 4.90 Å². The Bertz CT molecular complexity index is 909. The summed E-state index contributed by atoms with van der Waals surface area (Å²) in [6, 6.07) is 19.8. The molecule has 0 radical (unpaired) electrons. The minimum Gasteiger partial charge on any atom is -0.430 e. The van der Waals surface area contributed by atoms with Crippen LogP contribution >= 0.6 is 0 Å². The SMILES string of the molecule is CC(C)[C@@H]1N(/C=C\C[C@H](O)C2=CCCC2)C(=O)OC1(c1ccccc1)c1ccccc1. The van der Waals surface area contributed by atoms with Crippen LogP contribution in [0, 0.1) is 5.92 Å². The monoisotopic (exact) mass is 417 g/mol. The first kappa shape index (κ1) is 21.4. The highest BCUT2D eigenvalue weighted by Crippen LogP contribution is 2.47. The van der Waals surface area contributed by atoms with Crippen molar-refractivity contribution >= 4 is 6.09 Å². The van der Waals surface area contributed by atoms with E-state index in [2.05, 4.69) is 19.9 Å². The third-order valence-electron chi connectivity index (χ3n) is 6.34. The van der Waals surface area contributed by atoms with Gasteiger partial charge in [-0.05, 0) is 37.2 Å². The minimum atomic E-state index is -0.898. The van der Waals surface area contributed by atoms with E-state index in [4.69, 9.17) is 4.74 Å². The van der Waals surface area contributed by atoms with Crippen LogP contribution in [0.3, 0.4) is 0 Å². The summed E-state index contributed by atoms with van der Waals surface area (Å²) in [5.41, 5.74) is 2.13. The Morgan fingerprint density at radius 1 is 1.10 bits per heavy atom. The van der Waals surface area contributed by atoms with Crippen LogP contribution in [0.1, 0.15) is 50.7 Å². The third kappa shape index (κ3) is 4.05. The molecule has 1 aliphatic carbocycles. The van der Waals surface area contributed by atoms with Gasteiger partial charge in [0.1, 0.15) is 0 Å². The summed E-state index contributed by atoms with van der Waals surface area (Å²) in [5.74, 6) is 0.138. The maximum absolute atomic E-state index is 13.2. The smallest absolute Gasteiger partial charge is 0.415 e. The van der Waals surface area contributed by atoms with Gasteiger partial charge in [-0.25, -0.2) is 4.79 Å². The number of carbonyl (C=O) groups is 1. The van der Waals surface area contributed by atoms with E-state index in [0.717, 1.165) is 36.0 Å². The van der Waals surface area contributed by atoms with Crippen LogP contribution in [0.25, 0.3) is 0 Å². The van der Waals surface area contributed by atoms with Gasteiger partial charge in [-0.2, -0.15) is 0 Å². The summed E-state index contributed by atoms with van der Waals surface area (Å²) in [6.07, 6.45) is 8.59. The highest BCUT2D eigenvalue weighted by molar-refractivity contribution is 5.75. The summed E-state index contributed by atoms with van der Waals surface area (Å²) in [7, 11) is 0.